The molecule has 0 unspecified atom stereocenters. The zero-order valence-corrected chi connectivity index (χ0v) is 17.8. The summed E-state index contributed by atoms with van der Waals surface area (Å²) in [7, 11) is -15.0. The third kappa shape index (κ3) is 5.65. The third-order valence-corrected chi connectivity index (χ3v) is 6.35. The molecule has 0 aromatic rings. The molecule has 0 bridgehead atoms. The van der Waals surface area contributed by atoms with Crippen LogP contribution in [0, 0.1) is 0 Å². The van der Waals surface area contributed by atoms with Crippen molar-refractivity contribution in [2.45, 2.75) is 53.0 Å². The highest BCUT2D eigenvalue weighted by molar-refractivity contribution is 7.88. The minimum absolute atomic E-state index is 1.84. The number of alkyl halides is 18. The van der Waals surface area contributed by atoms with Gasteiger partial charge >= 0.3 is 66.8 Å². The van der Waals surface area contributed by atoms with E-state index >= 15 is 0 Å². The predicted molar refractivity (Wildman–Crippen MR) is 76.2 cm³/mol. The Labute approximate surface area is 191 Å². The zero-order valence-electron chi connectivity index (χ0n) is 16.2. The molecule has 0 radical (unpaired) electrons. The summed E-state index contributed by atoms with van der Waals surface area (Å²) in [5, 5.41) is -14.8. The van der Waals surface area contributed by atoms with Crippen molar-refractivity contribution < 1.29 is 104 Å². The van der Waals surface area contributed by atoms with Crippen LogP contribution in [-0.2, 0) is 28.6 Å². The molecule has 0 saturated heterocycles. The average molecular weight is 640 g/mol. The first kappa shape index (κ1) is 35.6. The van der Waals surface area contributed by atoms with Gasteiger partial charge in [-0.1, -0.05) is 0 Å². The predicted octanol–water partition coefficient (Wildman–Crippen LogP) is 4.92. The lowest BCUT2D eigenvalue weighted by molar-refractivity contribution is -0.382. The molecule has 0 N–H and O–H groups in total. The van der Waals surface area contributed by atoms with Crippen LogP contribution in [0.3, 0.4) is 0 Å². The Hall–Kier alpha value is -1.44. The Morgan fingerprint density at radius 1 is 0.405 bits per heavy atom. The fourth-order valence-corrected chi connectivity index (χ4v) is 3.43. The van der Waals surface area contributed by atoms with Gasteiger partial charge in [-0.05, 0) is 6.42 Å². The molecule has 26 heteroatoms. The summed E-state index contributed by atoms with van der Waals surface area (Å²) in [6.07, 6.45) is -16.8. The molecule has 0 saturated carbocycles. The number of rotatable bonds is 12. The van der Waals surface area contributed by atoms with Gasteiger partial charge in [-0.25, -0.2) is 0 Å². The number of hydrogen-bond acceptors (Lipinski definition) is 6. The van der Waals surface area contributed by atoms with Gasteiger partial charge in [-0.2, -0.15) is 95.9 Å². The first-order valence-corrected chi connectivity index (χ1v) is 10.7. The van der Waals surface area contributed by atoms with Gasteiger partial charge in [0.15, 0.2) is 0 Å². The summed E-state index contributed by atoms with van der Waals surface area (Å²) in [4.78, 5) is 0. The quantitative estimate of drug-likeness (QED) is 0.171. The SMILES string of the molecule is O=S(=O)(OCCCOS(=O)(=O)C(F)(F)C(F)(F)C(F)(F)C(F)(F)F)C(F)(F)C(F)(F)C(F)(F)C(F)(F)F. The van der Waals surface area contributed by atoms with Crippen LogP contribution in [0.4, 0.5) is 79.0 Å². The van der Waals surface area contributed by atoms with Gasteiger partial charge in [0, 0.05) is 0 Å². The molecule has 0 aliphatic heterocycles. The Morgan fingerprint density at radius 2 is 0.622 bits per heavy atom. The van der Waals surface area contributed by atoms with Crippen LogP contribution in [-0.4, -0.2) is 76.6 Å². The molecular formula is C11H6F18O6S2. The molecule has 0 amide bonds. The van der Waals surface area contributed by atoms with Crippen molar-refractivity contribution >= 4 is 20.2 Å². The third-order valence-electron chi connectivity index (χ3n) is 3.63. The maximum Gasteiger partial charge on any atom is 0.460 e. The highest BCUT2D eigenvalue weighted by Gasteiger charge is 2.87. The van der Waals surface area contributed by atoms with E-state index in [1.807, 2.05) is 0 Å². The maximum atomic E-state index is 13.3. The maximum absolute atomic E-state index is 13.3. The number of hydrogen-bond donors (Lipinski definition) is 0. The summed E-state index contributed by atoms with van der Waals surface area (Å²) in [6.45, 7) is -4.50. The summed E-state index contributed by atoms with van der Waals surface area (Å²) < 4.78 is 277. The van der Waals surface area contributed by atoms with E-state index in [0.717, 1.165) is 0 Å². The monoisotopic (exact) mass is 640 g/mol. The van der Waals surface area contributed by atoms with Gasteiger partial charge in [0.25, 0.3) is 0 Å². The molecule has 0 heterocycles. The lowest BCUT2D eigenvalue weighted by atomic mass is 10.1. The first-order chi connectivity index (χ1) is 15.7. The normalized spacial score (nSPS) is 16.3. The molecule has 0 aromatic heterocycles. The van der Waals surface area contributed by atoms with Crippen LogP contribution in [0.1, 0.15) is 6.42 Å². The van der Waals surface area contributed by atoms with Crippen LogP contribution in [0.5, 0.6) is 0 Å². The molecule has 37 heavy (non-hydrogen) atoms. The van der Waals surface area contributed by atoms with E-state index in [1.165, 1.54) is 0 Å². The Bertz CT molecular complexity index is 943. The second-order valence-corrected chi connectivity index (χ2v) is 9.55. The van der Waals surface area contributed by atoms with Crippen LogP contribution in [0.15, 0.2) is 0 Å². The van der Waals surface area contributed by atoms with Crippen LogP contribution < -0.4 is 0 Å². The van der Waals surface area contributed by atoms with Gasteiger partial charge < -0.3 is 0 Å². The van der Waals surface area contributed by atoms with E-state index in [0.29, 0.717) is 0 Å². The molecule has 0 rings (SSSR count). The van der Waals surface area contributed by atoms with Gasteiger partial charge in [-0.15, -0.1) is 0 Å². The fourth-order valence-electron chi connectivity index (χ4n) is 1.58. The van der Waals surface area contributed by atoms with Crippen molar-refractivity contribution in [3.05, 3.63) is 0 Å². The van der Waals surface area contributed by atoms with E-state index in [1.54, 1.807) is 0 Å². The standard InChI is InChI=1S/C11H6F18O6S2/c12-4(13,8(20,21)22)6(16,17)10(26,27)36(30,31)34-2-1-3-35-37(32,33)11(28,29)7(18,19)5(14,15)9(23,24)25/h1-3H2. The Kier molecular flexibility index (Phi) is 9.26. The Balaban J connectivity index is 5.56. The molecule has 0 atom stereocenters. The minimum Gasteiger partial charge on any atom is -0.265 e. The van der Waals surface area contributed by atoms with E-state index in [4.69, 9.17) is 0 Å². The number of halogens is 18. The minimum atomic E-state index is -7.77. The lowest BCUT2D eigenvalue weighted by Crippen LogP contribution is -2.63. The second kappa shape index (κ2) is 9.63. The van der Waals surface area contributed by atoms with Crippen molar-refractivity contribution in [1.29, 1.82) is 0 Å². The Morgan fingerprint density at radius 3 is 0.811 bits per heavy atom. The average Bonchev–Trinajstić information content (AvgIpc) is 2.64. The molecule has 0 aromatic carbocycles. The van der Waals surface area contributed by atoms with Crippen LogP contribution in [0.2, 0.25) is 0 Å². The van der Waals surface area contributed by atoms with Crippen molar-refractivity contribution in [2.75, 3.05) is 13.2 Å². The molecule has 0 aliphatic rings. The van der Waals surface area contributed by atoms with E-state index in [2.05, 4.69) is 8.37 Å². The fraction of sp³-hybridized carbons (Fsp3) is 1.00. The molecular weight excluding hydrogens is 634 g/mol. The van der Waals surface area contributed by atoms with Gasteiger partial charge in [0.2, 0.25) is 0 Å². The largest absolute Gasteiger partial charge is 0.460 e. The van der Waals surface area contributed by atoms with Crippen molar-refractivity contribution in [2.24, 2.45) is 0 Å². The molecule has 0 spiro atoms. The van der Waals surface area contributed by atoms with Crippen molar-refractivity contribution in [3.63, 3.8) is 0 Å². The molecule has 0 fully saturated rings. The molecule has 0 aliphatic carbocycles. The second-order valence-electron chi connectivity index (χ2n) is 6.23. The van der Waals surface area contributed by atoms with Gasteiger partial charge in [-0.3, -0.25) is 8.37 Å². The van der Waals surface area contributed by atoms with E-state index in [9.17, 15) is 95.9 Å². The lowest BCUT2D eigenvalue weighted by Gasteiger charge is -2.32. The zero-order chi connectivity index (χ0) is 30.5. The van der Waals surface area contributed by atoms with Crippen molar-refractivity contribution in [3.8, 4) is 0 Å². The van der Waals surface area contributed by atoms with E-state index < -0.39 is 86.4 Å². The van der Waals surface area contributed by atoms with Crippen LogP contribution >= 0.6 is 0 Å². The summed E-state index contributed by atoms with van der Waals surface area (Å²) in [5.41, 5.74) is 0. The van der Waals surface area contributed by atoms with E-state index in [-0.39, 0.29) is 0 Å². The van der Waals surface area contributed by atoms with Crippen LogP contribution in [0.25, 0.3) is 0 Å². The topological polar surface area (TPSA) is 86.7 Å². The summed E-state index contributed by atoms with van der Waals surface area (Å²) in [6, 6.07) is 0. The van der Waals surface area contributed by atoms with Gasteiger partial charge in [0.05, 0.1) is 13.2 Å². The molecule has 224 valence electrons. The molecule has 6 nitrogen and oxygen atoms in total. The van der Waals surface area contributed by atoms with Crippen molar-refractivity contribution in [1.82, 2.24) is 0 Å². The smallest absolute Gasteiger partial charge is 0.265 e. The summed E-state index contributed by atoms with van der Waals surface area (Å²) in [5.74, 6) is -31.0. The highest BCUT2D eigenvalue weighted by atomic mass is 32.2. The van der Waals surface area contributed by atoms with Gasteiger partial charge in [0.1, 0.15) is 0 Å². The highest BCUT2D eigenvalue weighted by Crippen LogP contribution is 2.56. The first-order valence-electron chi connectivity index (χ1n) is 7.89. The summed E-state index contributed by atoms with van der Waals surface area (Å²) >= 11 is 0.